The molecule has 0 bridgehead atoms. The van der Waals surface area contributed by atoms with Crippen molar-refractivity contribution in [3.8, 4) is 0 Å². The first kappa shape index (κ1) is 14.5. The van der Waals surface area contributed by atoms with Gasteiger partial charge in [0.15, 0.2) is 0 Å². The van der Waals surface area contributed by atoms with Gasteiger partial charge in [-0.1, -0.05) is 41.6 Å². The minimum absolute atomic E-state index is 0.513. The second-order valence-corrected chi connectivity index (χ2v) is 5.84. The lowest BCUT2D eigenvalue weighted by Crippen LogP contribution is -2.38. The number of hydrogen-bond acceptors (Lipinski definition) is 2. The van der Waals surface area contributed by atoms with Crippen LogP contribution < -0.4 is 0 Å². The lowest BCUT2D eigenvalue weighted by atomic mass is 9.82. The molecule has 0 atom stereocenters. The monoisotopic (exact) mass is 291 g/mol. The quantitative estimate of drug-likeness (QED) is 0.550. The summed E-state index contributed by atoms with van der Waals surface area (Å²) < 4.78 is 5.14. The molecule has 0 aromatic carbocycles. The molecule has 0 saturated heterocycles. The Balaban J connectivity index is 2.43. The molecule has 1 rings (SSSR count). The summed E-state index contributed by atoms with van der Waals surface area (Å²) in [6, 6.07) is 0. The van der Waals surface area contributed by atoms with Crippen LogP contribution in [0.5, 0.6) is 0 Å². The van der Waals surface area contributed by atoms with E-state index in [1.54, 1.807) is 7.11 Å². The Morgan fingerprint density at radius 2 is 1.81 bits per heavy atom. The first-order valence-corrected chi connectivity index (χ1v) is 7.58. The van der Waals surface area contributed by atoms with Gasteiger partial charge in [0.1, 0.15) is 0 Å². The molecule has 1 aliphatic carbocycles. The highest BCUT2D eigenvalue weighted by Crippen LogP contribution is 2.37. The van der Waals surface area contributed by atoms with Gasteiger partial charge in [-0.15, -0.1) is 0 Å². The molecule has 2 nitrogen and oxygen atoms in total. The maximum atomic E-state index is 5.14. The van der Waals surface area contributed by atoms with Gasteiger partial charge in [0.2, 0.25) is 0 Å². The molecule has 0 aliphatic heterocycles. The van der Waals surface area contributed by atoms with Gasteiger partial charge < -0.3 is 9.64 Å². The molecule has 1 saturated carbocycles. The van der Waals surface area contributed by atoms with Crippen molar-refractivity contribution in [2.24, 2.45) is 5.41 Å². The summed E-state index contributed by atoms with van der Waals surface area (Å²) in [5.74, 6) is 0. The molecule has 0 aromatic rings. The number of halogens is 1. The van der Waals surface area contributed by atoms with E-state index in [9.17, 15) is 0 Å². The average Bonchev–Trinajstić information content (AvgIpc) is 2.52. The van der Waals surface area contributed by atoms with Crippen molar-refractivity contribution in [1.29, 1.82) is 0 Å². The predicted octanol–water partition coefficient (Wildman–Crippen LogP) is 3.30. The van der Waals surface area contributed by atoms with E-state index in [1.165, 1.54) is 45.1 Å². The lowest BCUT2D eigenvalue weighted by Gasteiger charge is -2.35. The van der Waals surface area contributed by atoms with E-state index >= 15 is 0 Å². The fraction of sp³-hybridized carbons (Fsp3) is 1.00. The third-order valence-electron chi connectivity index (χ3n) is 3.73. The largest absolute Gasteiger partial charge is 0.383 e. The van der Waals surface area contributed by atoms with Gasteiger partial charge in [0, 0.05) is 25.5 Å². The third kappa shape index (κ3) is 4.72. The summed E-state index contributed by atoms with van der Waals surface area (Å²) >= 11 is 3.74. The van der Waals surface area contributed by atoms with Crippen LogP contribution in [0, 0.1) is 5.41 Å². The summed E-state index contributed by atoms with van der Waals surface area (Å²) in [4.78, 5) is 2.43. The molecular weight excluding hydrogens is 266 g/mol. The molecule has 0 unspecified atom stereocenters. The molecule has 0 spiro atoms. The van der Waals surface area contributed by atoms with Crippen LogP contribution in [-0.2, 0) is 4.74 Å². The first-order valence-electron chi connectivity index (χ1n) is 6.46. The molecule has 1 aliphatic rings. The normalized spacial score (nSPS) is 21.0. The van der Waals surface area contributed by atoms with Crippen LogP contribution in [0.15, 0.2) is 0 Å². The molecule has 0 N–H and O–H groups in total. The number of nitrogens with zero attached hydrogens (tertiary/aromatic N) is 1. The van der Waals surface area contributed by atoms with E-state index in [-0.39, 0.29) is 0 Å². The second-order valence-electron chi connectivity index (χ2n) is 5.28. The Morgan fingerprint density at radius 3 is 2.31 bits per heavy atom. The van der Waals surface area contributed by atoms with Crippen molar-refractivity contribution < 1.29 is 4.74 Å². The van der Waals surface area contributed by atoms with Crippen LogP contribution in [0.25, 0.3) is 0 Å². The van der Waals surface area contributed by atoms with Gasteiger partial charge in [0.25, 0.3) is 0 Å². The van der Waals surface area contributed by atoms with Crippen molar-refractivity contribution in [2.45, 2.75) is 38.5 Å². The standard InChI is InChI=1S/C13H26BrNO/c1-15(9-10-16-2)12-13(11-14)7-5-3-4-6-8-13/h3-12H2,1-2H3. The Bertz CT molecular complexity index is 179. The van der Waals surface area contributed by atoms with Crippen LogP contribution >= 0.6 is 15.9 Å². The average molecular weight is 292 g/mol. The zero-order valence-corrected chi connectivity index (χ0v) is 12.4. The minimum Gasteiger partial charge on any atom is -0.383 e. The van der Waals surface area contributed by atoms with Crippen LogP contribution in [0.2, 0.25) is 0 Å². The minimum atomic E-state index is 0.513. The number of alkyl halides is 1. The van der Waals surface area contributed by atoms with Gasteiger partial charge >= 0.3 is 0 Å². The zero-order valence-electron chi connectivity index (χ0n) is 10.8. The molecular formula is C13H26BrNO. The van der Waals surface area contributed by atoms with Gasteiger partial charge in [-0.2, -0.15) is 0 Å². The summed E-state index contributed by atoms with van der Waals surface area (Å²) in [5.41, 5.74) is 0.513. The van der Waals surface area contributed by atoms with Crippen molar-refractivity contribution in [1.82, 2.24) is 4.90 Å². The van der Waals surface area contributed by atoms with Crippen LogP contribution in [-0.4, -0.2) is 44.1 Å². The Kier molecular flexibility index (Phi) is 6.94. The number of methoxy groups -OCH3 is 1. The smallest absolute Gasteiger partial charge is 0.0589 e. The van der Waals surface area contributed by atoms with Crippen LogP contribution in [0.1, 0.15) is 38.5 Å². The summed E-state index contributed by atoms with van der Waals surface area (Å²) in [5, 5.41) is 1.15. The topological polar surface area (TPSA) is 12.5 Å². The van der Waals surface area contributed by atoms with E-state index in [0.29, 0.717) is 5.41 Å². The molecule has 16 heavy (non-hydrogen) atoms. The van der Waals surface area contributed by atoms with Crippen molar-refractivity contribution >= 4 is 15.9 Å². The third-order valence-corrected chi connectivity index (χ3v) is 4.92. The van der Waals surface area contributed by atoms with Gasteiger partial charge in [-0.3, -0.25) is 0 Å². The highest BCUT2D eigenvalue weighted by molar-refractivity contribution is 9.09. The van der Waals surface area contributed by atoms with Crippen molar-refractivity contribution in [3.05, 3.63) is 0 Å². The Hall–Kier alpha value is 0.400. The number of rotatable bonds is 6. The lowest BCUT2D eigenvalue weighted by molar-refractivity contribution is 0.124. The molecule has 0 heterocycles. The fourth-order valence-electron chi connectivity index (χ4n) is 2.71. The van der Waals surface area contributed by atoms with Gasteiger partial charge in [0.05, 0.1) is 6.61 Å². The van der Waals surface area contributed by atoms with Crippen molar-refractivity contribution in [2.75, 3.05) is 39.2 Å². The predicted molar refractivity (Wildman–Crippen MR) is 73.3 cm³/mol. The Morgan fingerprint density at radius 1 is 1.19 bits per heavy atom. The summed E-state index contributed by atoms with van der Waals surface area (Å²) in [7, 11) is 3.99. The number of likely N-dealkylation sites (N-methyl/N-ethyl adjacent to an activating group) is 1. The molecule has 96 valence electrons. The number of ether oxygens (including phenoxy) is 1. The maximum absolute atomic E-state index is 5.14. The van der Waals surface area contributed by atoms with Gasteiger partial charge in [-0.25, -0.2) is 0 Å². The first-order chi connectivity index (χ1) is 7.72. The van der Waals surface area contributed by atoms with Crippen LogP contribution in [0.4, 0.5) is 0 Å². The zero-order chi connectivity index (χ0) is 11.9. The molecule has 0 radical (unpaired) electrons. The van der Waals surface area contributed by atoms with Crippen molar-refractivity contribution in [3.63, 3.8) is 0 Å². The summed E-state index contributed by atoms with van der Waals surface area (Å²) in [6.07, 6.45) is 8.44. The number of hydrogen-bond donors (Lipinski definition) is 0. The Labute approximate surface area is 109 Å². The molecule has 1 fully saturated rings. The van der Waals surface area contributed by atoms with E-state index in [2.05, 4.69) is 27.9 Å². The highest BCUT2D eigenvalue weighted by atomic mass is 79.9. The fourth-order valence-corrected chi connectivity index (χ4v) is 3.45. The van der Waals surface area contributed by atoms with E-state index in [1.807, 2.05) is 0 Å². The molecule has 0 aromatic heterocycles. The van der Waals surface area contributed by atoms with Crippen LogP contribution in [0.3, 0.4) is 0 Å². The second kappa shape index (κ2) is 7.67. The van der Waals surface area contributed by atoms with Gasteiger partial charge in [-0.05, 0) is 25.3 Å². The van der Waals surface area contributed by atoms with E-state index < -0.39 is 0 Å². The maximum Gasteiger partial charge on any atom is 0.0589 e. The summed E-state index contributed by atoms with van der Waals surface area (Å²) in [6.45, 7) is 3.10. The highest BCUT2D eigenvalue weighted by Gasteiger charge is 2.30. The molecule has 0 amide bonds. The molecule has 3 heteroatoms. The van der Waals surface area contributed by atoms with E-state index in [4.69, 9.17) is 4.74 Å². The van der Waals surface area contributed by atoms with E-state index in [0.717, 1.165) is 18.5 Å². The SMILES string of the molecule is COCCN(C)CC1(CBr)CCCCCC1.